The molecule has 0 aliphatic carbocycles. The first-order valence-electron chi connectivity index (χ1n) is 8.84. The summed E-state index contributed by atoms with van der Waals surface area (Å²) in [5.74, 6) is 0.917. The molecule has 134 valence electrons. The van der Waals surface area contributed by atoms with E-state index in [4.69, 9.17) is 4.74 Å². The van der Waals surface area contributed by atoms with E-state index in [-0.39, 0.29) is 11.9 Å². The van der Waals surface area contributed by atoms with Crippen LogP contribution in [0, 0.1) is 0 Å². The lowest BCUT2D eigenvalue weighted by molar-refractivity contribution is -0.885. The van der Waals surface area contributed by atoms with E-state index < -0.39 is 0 Å². The Labute approximate surface area is 150 Å². The maximum atomic E-state index is 12.3. The third-order valence-electron chi connectivity index (χ3n) is 4.39. The van der Waals surface area contributed by atoms with Gasteiger partial charge in [-0.25, -0.2) is 0 Å². The Balaban J connectivity index is 1.83. The molecule has 0 saturated heterocycles. The van der Waals surface area contributed by atoms with E-state index in [9.17, 15) is 4.79 Å². The number of rotatable bonds is 8. The number of amides is 1. The van der Waals surface area contributed by atoms with Crippen molar-refractivity contribution in [2.24, 2.45) is 0 Å². The molecule has 25 heavy (non-hydrogen) atoms. The lowest BCUT2D eigenvalue weighted by Crippen LogP contribution is -3.08. The summed E-state index contributed by atoms with van der Waals surface area (Å²) in [7, 11) is 3.69. The molecule has 0 aliphatic heterocycles. The second kappa shape index (κ2) is 9.23. The van der Waals surface area contributed by atoms with Gasteiger partial charge in [0.15, 0.2) is 6.54 Å². The van der Waals surface area contributed by atoms with E-state index in [0.29, 0.717) is 6.54 Å². The summed E-state index contributed by atoms with van der Waals surface area (Å²) in [4.78, 5) is 13.4. The number of hydrogen-bond donors (Lipinski definition) is 2. The largest absolute Gasteiger partial charge is 0.497 e. The Hall–Kier alpha value is -2.33. The summed E-state index contributed by atoms with van der Waals surface area (Å²) < 4.78 is 5.17. The Kier molecular flexibility index (Phi) is 7.02. The Morgan fingerprint density at radius 1 is 1.08 bits per heavy atom. The molecule has 0 radical (unpaired) electrons. The van der Waals surface area contributed by atoms with E-state index in [2.05, 4.69) is 36.5 Å². The Morgan fingerprint density at radius 3 is 2.24 bits per heavy atom. The van der Waals surface area contributed by atoms with Gasteiger partial charge < -0.3 is 15.0 Å². The molecule has 0 fully saturated rings. The van der Waals surface area contributed by atoms with Gasteiger partial charge in [-0.3, -0.25) is 4.79 Å². The zero-order valence-electron chi connectivity index (χ0n) is 15.6. The van der Waals surface area contributed by atoms with Gasteiger partial charge in [-0.1, -0.05) is 31.2 Å². The average molecular weight is 341 g/mol. The molecule has 0 saturated carbocycles. The van der Waals surface area contributed by atoms with Gasteiger partial charge in [-0.15, -0.1) is 0 Å². The number of likely N-dealkylation sites (N-methyl/N-ethyl adjacent to an activating group) is 1. The second-order valence-corrected chi connectivity index (χ2v) is 6.54. The molecule has 0 heterocycles. The van der Waals surface area contributed by atoms with Crippen LogP contribution >= 0.6 is 0 Å². The summed E-state index contributed by atoms with van der Waals surface area (Å²) in [5.41, 5.74) is 3.64. The van der Waals surface area contributed by atoms with Crippen LogP contribution in [0.2, 0.25) is 0 Å². The summed E-state index contributed by atoms with van der Waals surface area (Å²) in [6.07, 6.45) is 1.03. The summed E-state index contributed by atoms with van der Waals surface area (Å²) in [6.45, 7) is 5.42. The van der Waals surface area contributed by atoms with Gasteiger partial charge in [0, 0.05) is 5.56 Å². The standard InChI is InChI=1S/C21H28N2O2/c1-5-17-6-10-19(11-7-17)16(2)22-21(24)15-23(3)14-18-8-12-20(25-4)13-9-18/h6-13,16H,5,14-15H2,1-4H3,(H,22,24)/p+1/t16-/m1/s1. The first-order valence-corrected chi connectivity index (χ1v) is 8.84. The van der Waals surface area contributed by atoms with Gasteiger partial charge in [0.2, 0.25) is 0 Å². The molecule has 0 bridgehead atoms. The predicted octanol–water partition coefficient (Wildman–Crippen LogP) is 2.15. The number of methoxy groups -OCH3 is 1. The Morgan fingerprint density at radius 2 is 1.68 bits per heavy atom. The molecule has 0 aromatic heterocycles. The maximum absolute atomic E-state index is 12.3. The van der Waals surface area contributed by atoms with Gasteiger partial charge in [-0.2, -0.15) is 0 Å². The van der Waals surface area contributed by atoms with Gasteiger partial charge in [0.1, 0.15) is 12.3 Å². The van der Waals surface area contributed by atoms with Crippen molar-refractivity contribution in [1.29, 1.82) is 0 Å². The minimum Gasteiger partial charge on any atom is -0.497 e. The fourth-order valence-electron chi connectivity index (χ4n) is 2.85. The van der Waals surface area contributed by atoms with Crippen LogP contribution in [0.5, 0.6) is 5.75 Å². The minimum absolute atomic E-state index is 0.0205. The highest BCUT2D eigenvalue weighted by molar-refractivity contribution is 5.77. The summed E-state index contributed by atoms with van der Waals surface area (Å²) in [6, 6.07) is 16.4. The SMILES string of the molecule is CCc1ccc([C@@H](C)NC(=O)C[NH+](C)Cc2ccc(OC)cc2)cc1. The number of nitrogens with one attached hydrogen (secondary N) is 2. The van der Waals surface area contributed by atoms with E-state index in [1.165, 1.54) is 11.1 Å². The van der Waals surface area contributed by atoms with Gasteiger partial charge in [0.05, 0.1) is 20.2 Å². The van der Waals surface area contributed by atoms with Crippen LogP contribution in [0.4, 0.5) is 0 Å². The van der Waals surface area contributed by atoms with Gasteiger partial charge >= 0.3 is 0 Å². The molecule has 2 atom stereocenters. The van der Waals surface area contributed by atoms with Gasteiger partial charge in [0.25, 0.3) is 5.91 Å². The number of aryl methyl sites for hydroxylation is 1. The first-order chi connectivity index (χ1) is 12.0. The highest BCUT2D eigenvalue weighted by Crippen LogP contribution is 2.13. The van der Waals surface area contributed by atoms with Crippen LogP contribution in [0.3, 0.4) is 0 Å². The molecule has 2 aromatic rings. The molecule has 4 heteroatoms. The van der Waals surface area contributed by atoms with Crippen molar-refractivity contribution in [2.45, 2.75) is 32.9 Å². The predicted molar refractivity (Wildman–Crippen MR) is 101 cm³/mol. The van der Waals surface area contributed by atoms with Crippen molar-refractivity contribution in [3.8, 4) is 5.75 Å². The maximum Gasteiger partial charge on any atom is 0.275 e. The quantitative estimate of drug-likeness (QED) is 0.773. The molecular weight excluding hydrogens is 312 g/mol. The van der Waals surface area contributed by atoms with E-state index in [1.807, 2.05) is 38.2 Å². The van der Waals surface area contributed by atoms with Crippen molar-refractivity contribution < 1.29 is 14.4 Å². The van der Waals surface area contributed by atoms with Crippen molar-refractivity contribution >= 4 is 5.91 Å². The van der Waals surface area contributed by atoms with Crippen LogP contribution in [0.25, 0.3) is 0 Å². The average Bonchev–Trinajstić information content (AvgIpc) is 2.62. The van der Waals surface area contributed by atoms with Crippen LogP contribution < -0.4 is 15.0 Å². The van der Waals surface area contributed by atoms with Crippen molar-refractivity contribution in [2.75, 3.05) is 20.7 Å². The molecule has 0 spiro atoms. The number of carbonyl (C=O) groups excluding carboxylic acids is 1. The molecule has 2 rings (SSSR count). The van der Waals surface area contributed by atoms with Crippen LogP contribution in [-0.4, -0.2) is 26.6 Å². The zero-order valence-corrected chi connectivity index (χ0v) is 15.6. The van der Waals surface area contributed by atoms with Crippen LogP contribution in [0.15, 0.2) is 48.5 Å². The van der Waals surface area contributed by atoms with Crippen LogP contribution in [-0.2, 0) is 17.8 Å². The first kappa shape index (κ1) is 19.0. The third-order valence-corrected chi connectivity index (χ3v) is 4.39. The smallest absolute Gasteiger partial charge is 0.275 e. The molecular formula is C21H29N2O2+. The summed E-state index contributed by atoms with van der Waals surface area (Å²) in [5, 5.41) is 3.09. The van der Waals surface area contributed by atoms with E-state index in [0.717, 1.165) is 29.2 Å². The normalized spacial score (nSPS) is 13.1. The molecule has 2 aromatic carbocycles. The summed E-state index contributed by atoms with van der Waals surface area (Å²) >= 11 is 0. The van der Waals surface area contributed by atoms with Crippen LogP contribution in [0.1, 0.15) is 36.6 Å². The zero-order chi connectivity index (χ0) is 18.2. The highest BCUT2D eigenvalue weighted by Gasteiger charge is 2.14. The monoisotopic (exact) mass is 341 g/mol. The fraction of sp³-hybridized carbons (Fsp3) is 0.381. The lowest BCUT2D eigenvalue weighted by atomic mass is 10.1. The molecule has 4 nitrogen and oxygen atoms in total. The molecule has 1 unspecified atom stereocenters. The van der Waals surface area contributed by atoms with Crippen molar-refractivity contribution in [1.82, 2.24) is 5.32 Å². The van der Waals surface area contributed by atoms with Crippen molar-refractivity contribution in [3.05, 3.63) is 65.2 Å². The molecule has 2 N–H and O–H groups in total. The third kappa shape index (κ3) is 5.91. The number of hydrogen-bond acceptors (Lipinski definition) is 2. The lowest BCUT2D eigenvalue weighted by Gasteiger charge is -2.18. The van der Waals surface area contributed by atoms with Crippen molar-refractivity contribution in [3.63, 3.8) is 0 Å². The number of benzene rings is 2. The number of ether oxygens (including phenoxy) is 1. The molecule has 1 amide bonds. The second-order valence-electron chi connectivity index (χ2n) is 6.54. The Bertz CT molecular complexity index is 665. The van der Waals surface area contributed by atoms with E-state index in [1.54, 1.807) is 7.11 Å². The van der Waals surface area contributed by atoms with E-state index >= 15 is 0 Å². The number of quaternary nitrogens is 1. The number of carbonyl (C=O) groups is 1. The minimum atomic E-state index is 0.0205. The fourth-order valence-corrected chi connectivity index (χ4v) is 2.85. The molecule has 0 aliphatic rings. The highest BCUT2D eigenvalue weighted by atomic mass is 16.5. The topological polar surface area (TPSA) is 42.8 Å². The van der Waals surface area contributed by atoms with Gasteiger partial charge in [-0.05, 0) is 48.7 Å².